The second-order valence-corrected chi connectivity index (χ2v) is 5.05. The van der Waals surface area contributed by atoms with Crippen molar-refractivity contribution in [1.29, 1.82) is 0 Å². The molecule has 0 aromatic rings. The maximum atomic E-state index is 11.7. The molecule has 0 aromatic carbocycles. The molecule has 0 spiro atoms. The number of hydrogen-bond donors (Lipinski definition) is 3. The van der Waals surface area contributed by atoms with E-state index in [9.17, 15) is 14.4 Å². The largest absolute Gasteiger partial charge is 0.481 e. The SMILES string of the molecule is COC(=O)C(NC(=O)NC(C)CCCC(=O)O)C(C)C. The molecule has 0 saturated heterocycles. The number of amides is 2. The molecule has 2 amide bonds. The predicted molar refractivity (Wildman–Crippen MR) is 73.3 cm³/mol. The number of nitrogens with one attached hydrogen (secondary N) is 2. The number of methoxy groups -OCH3 is 1. The van der Waals surface area contributed by atoms with Crippen molar-refractivity contribution in [3.05, 3.63) is 0 Å². The summed E-state index contributed by atoms with van der Waals surface area (Å²) in [5.41, 5.74) is 0. The molecule has 0 heterocycles. The lowest BCUT2D eigenvalue weighted by molar-refractivity contribution is -0.144. The molecule has 2 unspecified atom stereocenters. The summed E-state index contributed by atoms with van der Waals surface area (Å²) in [5.74, 6) is -1.43. The fourth-order valence-electron chi connectivity index (χ4n) is 1.66. The van der Waals surface area contributed by atoms with Gasteiger partial charge in [-0.15, -0.1) is 0 Å². The number of rotatable bonds is 8. The highest BCUT2D eigenvalue weighted by molar-refractivity contribution is 5.83. The van der Waals surface area contributed by atoms with Crippen molar-refractivity contribution >= 4 is 18.0 Å². The fourth-order valence-corrected chi connectivity index (χ4v) is 1.66. The zero-order valence-corrected chi connectivity index (χ0v) is 12.4. The first-order valence-corrected chi connectivity index (χ1v) is 6.64. The Kier molecular flexibility index (Phi) is 8.35. The van der Waals surface area contributed by atoms with Crippen LogP contribution in [0.2, 0.25) is 0 Å². The summed E-state index contributed by atoms with van der Waals surface area (Å²) in [6.07, 6.45) is 1.12. The van der Waals surface area contributed by atoms with Crippen molar-refractivity contribution < 1.29 is 24.2 Å². The minimum atomic E-state index is -0.854. The molecule has 0 saturated carbocycles. The summed E-state index contributed by atoms with van der Waals surface area (Å²) >= 11 is 0. The van der Waals surface area contributed by atoms with Crippen LogP contribution in [0.4, 0.5) is 4.79 Å². The van der Waals surface area contributed by atoms with Gasteiger partial charge in [-0.05, 0) is 25.7 Å². The predicted octanol–water partition coefficient (Wildman–Crippen LogP) is 1.13. The van der Waals surface area contributed by atoms with E-state index in [0.717, 1.165) is 0 Å². The fraction of sp³-hybridized carbons (Fsp3) is 0.769. The molecule has 0 rings (SSSR count). The molecular weight excluding hydrogens is 264 g/mol. The average Bonchev–Trinajstić information content (AvgIpc) is 2.34. The van der Waals surface area contributed by atoms with Crippen LogP contribution in [0.15, 0.2) is 0 Å². The Morgan fingerprint density at radius 3 is 2.20 bits per heavy atom. The molecule has 7 heteroatoms. The molecule has 20 heavy (non-hydrogen) atoms. The maximum Gasteiger partial charge on any atom is 0.328 e. The lowest BCUT2D eigenvalue weighted by Gasteiger charge is -2.21. The quantitative estimate of drug-likeness (QED) is 0.581. The van der Waals surface area contributed by atoms with Crippen LogP contribution in [0, 0.1) is 5.92 Å². The number of carboxylic acids is 1. The Bertz CT molecular complexity index is 344. The molecule has 0 radical (unpaired) electrons. The number of carboxylic acid groups (broad SMARTS) is 1. The molecule has 0 fully saturated rings. The van der Waals surface area contributed by atoms with Crippen molar-refractivity contribution in [3.8, 4) is 0 Å². The van der Waals surface area contributed by atoms with Gasteiger partial charge >= 0.3 is 18.0 Å². The highest BCUT2D eigenvalue weighted by Crippen LogP contribution is 2.04. The van der Waals surface area contributed by atoms with Gasteiger partial charge in [0.2, 0.25) is 0 Å². The standard InChI is InChI=1S/C13H24N2O5/c1-8(2)11(12(18)20-4)15-13(19)14-9(3)6-5-7-10(16)17/h8-9,11H,5-7H2,1-4H3,(H,16,17)(H2,14,15,19). The van der Waals surface area contributed by atoms with E-state index in [4.69, 9.17) is 5.11 Å². The van der Waals surface area contributed by atoms with E-state index < -0.39 is 24.0 Å². The molecule has 0 aliphatic heterocycles. The Hall–Kier alpha value is -1.79. The van der Waals surface area contributed by atoms with Gasteiger partial charge in [0.1, 0.15) is 6.04 Å². The van der Waals surface area contributed by atoms with Gasteiger partial charge in [0.15, 0.2) is 0 Å². The van der Waals surface area contributed by atoms with Gasteiger partial charge in [-0.3, -0.25) is 4.79 Å². The van der Waals surface area contributed by atoms with Gasteiger partial charge in [0.05, 0.1) is 7.11 Å². The summed E-state index contributed by atoms with van der Waals surface area (Å²) in [6.45, 7) is 5.39. The van der Waals surface area contributed by atoms with E-state index in [-0.39, 0.29) is 18.4 Å². The Balaban J connectivity index is 4.18. The van der Waals surface area contributed by atoms with Crippen LogP contribution in [-0.2, 0) is 14.3 Å². The minimum Gasteiger partial charge on any atom is -0.481 e. The van der Waals surface area contributed by atoms with E-state index in [1.165, 1.54) is 7.11 Å². The number of aliphatic carboxylic acids is 1. The first kappa shape index (κ1) is 18.2. The molecule has 0 aliphatic rings. The normalized spacial score (nSPS) is 13.4. The number of urea groups is 1. The highest BCUT2D eigenvalue weighted by atomic mass is 16.5. The summed E-state index contributed by atoms with van der Waals surface area (Å²) in [7, 11) is 1.27. The van der Waals surface area contributed by atoms with Crippen LogP contribution in [0.1, 0.15) is 40.0 Å². The number of hydrogen-bond acceptors (Lipinski definition) is 4. The van der Waals surface area contributed by atoms with E-state index in [1.54, 1.807) is 20.8 Å². The van der Waals surface area contributed by atoms with Crippen LogP contribution in [0.25, 0.3) is 0 Å². The average molecular weight is 288 g/mol. The van der Waals surface area contributed by atoms with Gasteiger partial charge in [-0.1, -0.05) is 13.8 Å². The molecule has 2 atom stereocenters. The van der Waals surface area contributed by atoms with E-state index in [2.05, 4.69) is 15.4 Å². The second kappa shape index (κ2) is 9.17. The molecule has 116 valence electrons. The number of carbonyl (C=O) groups excluding carboxylic acids is 2. The van der Waals surface area contributed by atoms with Crippen LogP contribution in [0.5, 0.6) is 0 Å². The van der Waals surface area contributed by atoms with Crippen molar-refractivity contribution in [3.63, 3.8) is 0 Å². The Morgan fingerprint density at radius 1 is 1.15 bits per heavy atom. The third kappa shape index (κ3) is 7.60. The van der Waals surface area contributed by atoms with Gasteiger partial charge in [0.25, 0.3) is 0 Å². The van der Waals surface area contributed by atoms with Gasteiger partial charge in [-0.25, -0.2) is 9.59 Å². The van der Waals surface area contributed by atoms with Crippen molar-refractivity contribution in [1.82, 2.24) is 10.6 Å². The summed E-state index contributed by atoms with van der Waals surface area (Å²) in [5, 5.41) is 13.7. The van der Waals surface area contributed by atoms with E-state index in [0.29, 0.717) is 12.8 Å². The van der Waals surface area contributed by atoms with Gasteiger partial charge in [0, 0.05) is 12.5 Å². The topological polar surface area (TPSA) is 105 Å². The summed E-state index contributed by atoms with van der Waals surface area (Å²) < 4.78 is 4.62. The number of esters is 1. The monoisotopic (exact) mass is 288 g/mol. The lowest BCUT2D eigenvalue weighted by Crippen LogP contribution is -2.50. The smallest absolute Gasteiger partial charge is 0.328 e. The highest BCUT2D eigenvalue weighted by Gasteiger charge is 2.25. The molecule has 0 aliphatic carbocycles. The molecule has 0 aromatic heterocycles. The Labute approximate surface area is 119 Å². The third-order valence-corrected chi connectivity index (χ3v) is 2.81. The molecule has 0 bridgehead atoms. The second-order valence-electron chi connectivity index (χ2n) is 5.05. The van der Waals surface area contributed by atoms with Gasteiger partial charge in [-0.2, -0.15) is 0 Å². The zero-order valence-electron chi connectivity index (χ0n) is 12.4. The van der Waals surface area contributed by atoms with Crippen molar-refractivity contribution in [2.45, 2.75) is 52.1 Å². The van der Waals surface area contributed by atoms with Crippen LogP contribution >= 0.6 is 0 Å². The molecule has 7 nitrogen and oxygen atoms in total. The first-order chi connectivity index (χ1) is 9.27. The van der Waals surface area contributed by atoms with E-state index >= 15 is 0 Å². The number of ether oxygens (including phenoxy) is 1. The first-order valence-electron chi connectivity index (χ1n) is 6.64. The maximum absolute atomic E-state index is 11.7. The molecule has 3 N–H and O–H groups in total. The van der Waals surface area contributed by atoms with Crippen LogP contribution in [-0.4, -0.2) is 42.3 Å². The Morgan fingerprint density at radius 2 is 1.75 bits per heavy atom. The summed E-state index contributed by atoms with van der Waals surface area (Å²) in [6, 6.07) is -1.33. The molecular formula is C13H24N2O5. The van der Waals surface area contributed by atoms with E-state index in [1.807, 2.05) is 0 Å². The van der Waals surface area contributed by atoms with Crippen molar-refractivity contribution in [2.75, 3.05) is 7.11 Å². The minimum absolute atomic E-state index is 0.0738. The zero-order chi connectivity index (χ0) is 15.7. The summed E-state index contributed by atoms with van der Waals surface area (Å²) in [4.78, 5) is 33.6. The van der Waals surface area contributed by atoms with Gasteiger partial charge < -0.3 is 20.5 Å². The van der Waals surface area contributed by atoms with Crippen LogP contribution in [0.3, 0.4) is 0 Å². The number of carbonyl (C=O) groups is 3. The van der Waals surface area contributed by atoms with Crippen molar-refractivity contribution in [2.24, 2.45) is 5.92 Å². The lowest BCUT2D eigenvalue weighted by atomic mass is 10.1. The third-order valence-electron chi connectivity index (χ3n) is 2.81. The van der Waals surface area contributed by atoms with Crippen LogP contribution < -0.4 is 10.6 Å².